The first-order valence-corrected chi connectivity index (χ1v) is 10.8. The molecule has 0 aromatic heterocycles. The Morgan fingerprint density at radius 2 is 1.73 bits per heavy atom. The molecule has 1 aromatic carbocycles. The van der Waals surface area contributed by atoms with Crippen molar-refractivity contribution in [2.75, 3.05) is 0 Å². The summed E-state index contributed by atoms with van der Waals surface area (Å²) >= 11 is -0.931. The maximum atomic E-state index is 12.3. The van der Waals surface area contributed by atoms with E-state index >= 15 is 0 Å². The summed E-state index contributed by atoms with van der Waals surface area (Å²) in [7, 11) is 9.90. The van der Waals surface area contributed by atoms with Crippen LogP contribution in [0.5, 0.6) is 0 Å². The molecular weight excluding hydrogens is 239 g/mol. The Labute approximate surface area is 81.4 Å². The summed E-state index contributed by atoms with van der Waals surface area (Å²) < 4.78 is 12.3. The van der Waals surface area contributed by atoms with Crippen LogP contribution in [0.4, 0.5) is 4.39 Å². The first-order chi connectivity index (χ1) is 5.22. The molecule has 0 aliphatic heterocycles. The molecule has 4 heteroatoms. The molecule has 0 bridgehead atoms. The predicted molar refractivity (Wildman–Crippen MR) is 42.8 cm³/mol. The second-order valence-electron chi connectivity index (χ2n) is 1.85. The van der Waals surface area contributed by atoms with Gasteiger partial charge in [0.05, 0.1) is 0 Å². The molecule has 58 valence electrons. The van der Waals surface area contributed by atoms with Gasteiger partial charge in [0.1, 0.15) is 5.82 Å². The Hall–Kier alpha value is 0.353. The minimum atomic E-state index is -0.931. The SMILES string of the molecule is Cc1ccccc1F.[Cl][Zn][Cl]. The Kier molecular flexibility index (Phi) is 7.25. The third-order valence-corrected chi connectivity index (χ3v) is 1.08. The third kappa shape index (κ3) is 5.60. The van der Waals surface area contributed by atoms with Gasteiger partial charge in [0.2, 0.25) is 0 Å². The first kappa shape index (κ1) is 11.4. The fourth-order valence-corrected chi connectivity index (χ4v) is 0.551. The summed E-state index contributed by atoms with van der Waals surface area (Å²) in [5, 5.41) is 0. The number of rotatable bonds is 0. The van der Waals surface area contributed by atoms with E-state index in [0.29, 0.717) is 5.56 Å². The van der Waals surface area contributed by atoms with Gasteiger partial charge in [-0.3, -0.25) is 0 Å². The summed E-state index contributed by atoms with van der Waals surface area (Å²) in [5.41, 5.74) is 0.701. The van der Waals surface area contributed by atoms with E-state index in [9.17, 15) is 4.39 Å². The van der Waals surface area contributed by atoms with Crippen LogP contribution in [-0.2, 0) is 15.1 Å². The molecule has 0 spiro atoms. The van der Waals surface area contributed by atoms with E-state index in [-0.39, 0.29) is 5.82 Å². The van der Waals surface area contributed by atoms with Gasteiger partial charge in [0.15, 0.2) is 0 Å². The van der Waals surface area contributed by atoms with Crippen molar-refractivity contribution in [1.29, 1.82) is 0 Å². The second-order valence-corrected chi connectivity index (χ2v) is 6.47. The monoisotopic (exact) mass is 244 g/mol. The molecule has 0 saturated heterocycles. The molecule has 0 fully saturated rings. The molecule has 1 rings (SSSR count). The second kappa shape index (κ2) is 7.03. The molecule has 1 aromatic rings. The molecule has 0 N–H and O–H groups in total. The van der Waals surface area contributed by atoms with Crippen LogP contribution in [0.3, 0.4) is 0 Å². The van der Waals surface area contributed by atoms with E-state index in [1.165, 1.54) is 6.07 Å². The van der Waals surface area contributed by atoms with Gasteiger partial charge in [-0.05, 0) is 18.6 Å². The van der Waals surface area contributed by atoms with Crippen molar-refractivity contribution in [1.82, 2.24) is 0 Å². The zero-order valence-corrected chi connectivity index (χ0v) is 10.6. The maximum absolute atomic E-state index is 12.3. The van der Waals surface area contributed by atoms with Gasteiger partial charge in [0.25, 0.3) is 0 Å². The van der Waals surface area contributed by atoms with Crippen molar-refractivity contribution in [2.24, 2.45) is 0 Å². The van der Waals surface area contributed by atoms with Gasteiger partial charge in [-0.2, -0.15) is 0 Å². The Bertz CT molecular complexity index is 184. The predicted octanol–water partition coefficient (Wildman–Crippen LogP) is 3.51. The Morgan fingerprint density at radius 1 is 1.27 bits per heavy atom. The standard InChI is InChI=1S/C7H7F.2ClH.Zn/c1-6-4-2-3-5-7(6)8;;;/h2-5H,1H3;2*1H;/q;;;+2/p-2. The van der Waals surface area contributed by atoms with E-state index in [1.54, 1.807) is 19.1 Å². The summed E-state index contributed by atoms with van der Waals surface area (Å²) in [4.78, 5) is 0. The number of aryl methyl sites for hydroxylation is 1. The number of hydrogen-bond donors (Lipinski definition) is 0. The van der Waals surface area contributed by atoms with Gasteiger partial charge in [-0.15, -0.1) is 0 Å². The quantitative estimate of drug-likeness (QED) is 0.615. The molecule has 0 atom stereocenters. The van der Waals surface area contributed by atoms with Gasteiger partial charge >= 0.3 is 34.5 Å². The van der Waals surface area contributed by atoms with Crippen molar-refractivity contribution in [2.45, 2.75) is 6.92 Å². The molecule has 0 aliphatic rings. The van der Waals surface area contributed by atoms with Crippen LogP contribution >= 0.6 is 19.4 Å². The van der Waals surface area contributed by atoms with Crippen LogP contribution in [0.15, 0.2) is 24.3 Å². The Morgan fingerprint density at radius 3 is 2.00 bits per heavy atom. The van der Waals surface area contributed by atoms with Crippen LogP contribution in [0.25, 0.3) is 0 Å². The van der Waals surface area contributed by atoms with E-state index in [4.69, 9.17) is 19.4 Å². The topological polar surface area (TPSA) is 0 Å². The van der Waals surface area contributed by atoms with Gasteiger partial charge in [-0.25, -0.2) is 4.39 Å². The van der Waals surface area contributed by atoms with Crippen LogP contribution in [0, 0.1) is 12.7 Å². The number of hydrogen-bond acceptors (Lipinski definition) is 0. The van der Waals surface area contributed by atoms with Crippen molar-refractivity contribution >= 4 is 19.4 Å². The molecule has 0 nitrogen and oxygen atoms in total. The minimum absolute atomic E-state index is 0.132. The van der Waals surface area contributed by atoms with Crippen molar-refractivity contribution in [3.8, 4) is 0 Å². The molecule has 0 saturated carbocycles. The van der Waals surface area contributed by atoms with Crippen molar-refractivity contribution in [3.05, 3.63) is 35.6 Å². The summed E-state index contributed by atoms with van der Waals surface area (Å²) in [6.07, 6.45) is 0. The summed E-state index contributed by atoms with van der Waals surface area (Å²) in [6.45, 7) is 1.75. The van der Waals surface area contributed by atoms with Gasteiger partial charge < -0.3 is 0 Å². The summed E-state index contributed by atoms with van der Waals surface area (Å²) in [6, 6.07) is 6.70. The van der Waals surface area contributed by atoms with Gasteiger partial charge in [0, 0.05) is 0 Å². The summed E-state index contributed by atoms with van der Waals surface area (Å²) in [5.74, 6) is -0.132. The molecule has 0 unspecified atom stereocenters. The van der Waals surface area contributed by atoms with E-state index in [1.807, 2.05) is 6.07 Å². The molecule has 11 heavy (non-hydrogen) atoms. The normalized spacial score (nSPS) is 7.64. The molecule has 0 aliphatic carbocycles. The van der Waals surface area contributed by atoms with Crippen LogP contribution in [0.1, 0.15) is 5.56 Å². The van der Waals surface area contributed by atoms with Crippen molar-refractivity contribution < 1.29 is 19.5 Å². The van der Waals surface area contributed by atoms with E-state index in [0.717, 1.165) is 0 Å². The molecule has 0 heterocycles. The first-order valence-electron chi connectivity index (χ1n) is 3.05. The average Bonchev–Trinajstić information content (AvgIpc) is 1.97. The Balaban J connectivity index is 0.000000292. The number of benzene rings is 1. The van der Waals surface area contributed by atoms with Crippen molar-refractivity contribution in [3.63, 3.8) is 0 Å². The average molecular weight is 246 g/mol. The van der Waals surface area contributed by atoms with E-state index < -0.39 is 15.1 Å². The van der Waals surface area contributed by atoms with Crippen LogP contribution in [-0.4, -0.2) is 0 Å². The third-order valence-electron chi connectivity index (χ3n) is 1.08. The fourth-order valence-electron chi connectivity index (χ4n) is 0.551. The van der Waals surface area contributed by atoms with Crippen LogP contribution < -0.4 is 0 Å². The fraction of sp³-hybridized carbons (Fsp3) is 0.143. The number of halogens is 3. The molecule has 0 amide bonds. The molecule has 0 radical (unpaired) electrons. The zero-order chi connectivity index (χ0) is 8.69. The van der Waals surface area contributed by atoms with E-state index in [2.05, 4.69) is 0 Å². The van der Waals surface area contributed by atoms with Gasteiger partial charge in [-0.1, -0.05) is 18.2 Å². The zero-order valence-electron chi connectivity index (χ0n) is 6.15. The van der Waals surface area contributed by atoms with Crippen LogP contribution in [0.2, 0.25) is 0 Å². The molecular formula is C7H7Cl2FZn.